The number of urea groups is 1. The van der Waals surface area contributed by atoms with E-state index < -0.39 is 17.9 Å². The molecule has 0 radical (unpaired) electrons. The number of carbonyl (C=O) groups excluding carboxylic acids is 2. The molecule has 0 unspecified atom stereocenters. The van der Waals surface area contributed by atoms with Gasteiger partial charge in [-0.1, -0.05) is 6.92 Å². The zero-order chi connectivity index (χ0) is 12.8. The minimum Gasteiger partial charge on any atom is -0.481 e. The van der Waals surface area contributed by atoms with Gasteiger partial charge in [-0.25, -0.2) is 4.79 Å². The number of amides is 3. The topological polar surface area (TPSA) is 86.7 Å². The van der Waals surface area contributed by atoms with Gasteiger partial charge in [-0.3, -0.25) is 14.9 Å². The van der Waals surface area contributed by atoms with Crippen LogP contribution in [0.2, 0.25) is 0 Å². The summed E-state index contributed by atoms with van der Waals surface area (Å²) in [6.07, 6.45) is 1.47. The first-order chi connectivity index (χ1) is 7.99. The third-order valence-electron chi connectivity index (χ3n) is 2.88. The van der Waals surface area contributed by atoms with Crippen molar-refractivity contribution in [2.24, 2.45) is 5.92 Å². The maximum Gasteiger partial charge on any atom is 0.324 e. The van der Waals surface area contributed by atoms with Gasteiger partial charge >= 0.3 is 12.0 Å². The highest BCUT2D eigenvalue weighted by Gasteiger charge is 2.21. The van der Waals surface area contributed by atoms with Crippen molar-refractivity contribution in [2.45, 2.75) is 32.6 Å². The first-order valence-corrected chi connectivity index (χ1v) is 5.79. The second kappa shape index (κ2) is 6.22. The number of nitrogens with one attached hydrogen (secondary N) is 1. The average molecular weight is 242 g/mol. The van der Waals surface area contributed by atoms with E-state index in [1.807, 2.05) is 0 Å². The Labute approximate surface area is 100.0 Å². The van der Waals surface area contributed by atoms with Crippen LogP contribution < -0.4 is 5.32 Å². The molecule has 0 aromatic heterocycles. The Bertz CT molecular complexity index is 309. The number of nitrogens with zero attached hydrogens (tertiary/aromatic N) is 1. The number of imide groups is 1. The van der Waals surface area contributed by atoms with Crippen molar-refractivity contribution in [1.82, 2.24) is 10.2 Å². The molecule has 1 fully saturated rings. The Morgan fingerprint density at radius 3 is 2.35 bits per heavy atom. The average Bonchev–Trinajstić information content (AvgIpc) is 2.27. The van der Waals surface area contributed by atoms with E-state index in [-0.39, 0.29) is 12.8 Å². The SMILES string of the molecule is CC1CCN(C(=O)NC(=O)CCC(=O)O)CC1. The molecular formula is C11H18N2O4. The van der Waals surface area contributed by atoms with Crippen LogP contribution in [0.4, 0.5) is 4.79 Å². The van der Waals surface area contributed by atoms with Crippen LogP contribution in [0, 0.1) is 5.92 Å². The van der Waals surface area contributed by atoms with E-state index >= 15 is 0 Å². The van der Waals surface area contributed by atoms with Crippen LogP contribution in [0.5, 0.6) is 0 Å². The van der Waals surface area contributed by atoms with E-state index in [1.54, 1.807) is 4.90 Å². The highest BCUT2D eigenvalue weighted by Crippen LogP contribution is 2.15. The molecule has 0 aliphatic carbocycles. The molecule has 6 heteroatoms. The van der Waals surface area contributed by atoms with E-state index in [4.69, 9.17) is 5.11 Å². The maximum atomic E-state index is 11.6. The van der Waals surface area contributed by atoms with Gasteiger partial charge in [0.15, 0.2) is 0 Å². The van der Waals surface area contributed by atoms with Crippen molar-refractivity contribution < 1.29 is 19.5 Å². The van der Waals surface area contributed by atoms with Crippen molar-refractivity contribution in [3.05, 3.63) is 0 Å². The molecule has 0 bridgehead atoms. The van der Waals surface area contributed by atoms with E-state index in [9.17, 15) is 14.4 Å². The molecule has 1 heterocycles. The number of rotatable bonds is 3. The summed E-state index contributed by atoms with van der Waals surface area (Å²) in [6.45, 7) is 3.44. The first kappa shape index (κ1) is 13.5. The molecule has 1 aliphatic heterocycles. The second-order valence-corrected chi connectivity index (χ2v) is 4.42. The minimum atomic E-state index is -1.04. The largest absolute Gasteiger partial charge is 0.481 e. The van der Waals surface area contributed by atoms with Crippen LogP contribution in [0.15, 0.2) is 0 Å². The van der Waals surface area contributed by atoms with Crippen LogP contribution in [0.25, 0.3) is 0 Å². The third-order valence-corrected chi connectivity index (χ3v) is 2.88. The summed E-state index contributed by atoms with van der Waals surface area (Å²) in [5.74, 6) is -0.961. The quantitative estimate of drug-likeness (QED) is 0.767. The van der Waals surface area contributed by atoms with E-state index in [0.29, 0.717) is 19.0 Å². The van der Waals surface area contributed by atoms with Gasteiger partial charge < -0.3 is 10.0 Å². The Hall–Kier alpha value is -1.59. The van der Waals surface area contributed by atoms with E-state index in [2.05, 4.69) is 12.2 Å². The number of carboxylic acid groups (broad SMARTS) is 1. The van der Waals surface area contributed by atoms with Crippen LogP contribution >= 0.6 is 0 Å². The highest BCUT2D eigenvalue weighted by atomic mass is 16.4. The van der Waals surface area contributed by atoms with Crippen molar-refractivity contribution >= 4 is 17.9 Å². The molecule has 0 atom stereocenters. The number of piperidine rings is 1. The van der Waals surface area contributed by atoms with Gasteiger partial charge in [0.05, 0.1) is 6.42 Å². The molecule has 17 heavy (non-hydrogen) atoms. The molecule has 1 saturated heterocycles. The van der Waals surface area contributed by atoms with Crippen molar-refractivity contribution in [2.75, 3.05) is 13.1 Å². The summed E-state index contributed by atoms with van der Waals surface area (Å²) < 4.78 is 0. The first-order valence-electron chi connectivity index (χ1n) is 5.79. The molecule has 2 N–H and O–H groups in total. The number of aliphatic carboxylic acids is 1. The van der Waals surface area contributed by atoms with Crippen LogP contribution in [0.3, 0.4) is 0 Å². The van der Waals surface area contributed by atoms with Gasteiger partial charge in [0, 0.05) is 19.5 Å². The fourth-order valence-electron chi connectivity index (χ4n) is 1.69. The molecule has 0 spiro atoms. The Morgan fingerprint density at radius 2 is 1.82 bits per heavy atom. The molecule has 1 rings (SSSR count). The predicted octanol–water partition coefficient (Wildman–Crippen LogP) is 0.819. The normalized spacial score (nSPS) is 16.6. The highest BCUT2D eigenvalue weighted by molar-refractivity contribution is 5.95. The summed E-state index contributed by atoms with van der Waals surface area (Å²) in [7, 11) is 0. The second-order valence-electron chi connectivity index (χ2n) is 4.42. The summed E-state index contributed by atoms with van der Waals surface area (Å²) in [5.41, 5.74) is 0. The fraction of sp³-hybridized carbons (Fsp3) is 0.727. The van der Waals surface area contributed by atoms with Crippen LogP contribution in [-0.2, 0) is 9.59 Å². The van der Waals surface area contributed by atoms with Crippen LogP contribution in [0.1, 0.15) is 32.6 Å². The number of hydrogen-bond donors (Lipinski definition) is 2. The number of hydrogen-bond acceptors (Lipinski definition) is 3. The summed E-state index contributed by atoms with van der Waals surface area (Å²) >= 11 is 0. The van der Waals surface area contributed by atoms with Gasteiger partial charge in [-0.2, -0.15) is 0 Å². The lowest BCUT2D eigenvalue weighted by Gasteiger charge is -2.29. The molecule has 3 amide bonds. The van der Waals surface area contributed by atoms with E-state index in [0.717, 1.165) is 12.8 Å². The van der Waals surface area contributed by atoms with Crippen molar-refractivity contribution in [1.29, 1.82) is 0 Å². The lowest BCUT2D eigenvalue weighted by Crippen LogP contribution is -2.46. The Balaban J connectivity index is 2.28. The number of likely N-dealkylation sites (tertiary alicyclic amines) is 1. The molecule has 0 aromatic carbocycles. The lowest BCUT2D eigenvalue weighted by molar-refractivity contribution is -0.138. The van der Waals surface area contributed by atoms with Gasteiger partial charge in [0.25, 0.3) is 0 Å². The van der Waals surface area contributed by atoms with Gasteiger partial charge in [0.1, 0.15) is 0 Å². The van der Waals surface area contributed by atoms with Gasteiger partial charge in [-0.05, 0) is 18.8 Å². The van der Waals surface area contributed by atoms with Gasteiger partial charge in [0.2, 0.25) is 5.91 Å². The zero-order valence-corrected chi connectivity index (χ0v) is 9.94. The lowest BCUT2D eigenvalue weighted by atomic mass is 10.00. The molecule has 96 valence electrons. The molecule has 0 saturated carbocycles. The van der Waals surface area contributed by atoms with Crippen molar-refractivity contribution in [3.63, 3.8) is 0 Å². The maximum absolute atomic E-state index is 11.6. The minimum absolute atomic E-state index is 0.161. The Kier molecular flexibility index (Phi) is 4.93. The van der Waals surface area contributed by atoms with Crippen LogP contribution in [-0.4, -0.2) is 41.0 Å². The van der Waals surface area contributed by atoms with E-state index in [1.165, 1.54) is 0 Å². The molecule has 0 aromatic rings. The molecule has 1 aliphatic rings. The monoisotopic (exact) mass is 242 g/mol. The molecule has 6 nitrogen and oxygen atoms in total. The van der Waals surface area contributed by atoms with Gasteiger partial charge in [-0.15, -0.1) is 0 Å². The number of carboxylic acids is 1. The predicted molar refractivity (Wildman–Crippen MR) is 60.4 cm³/mol. The standard InChI is InChI=1S/C11H18N2O4/c1-8-4-6-13(7-5-8)11(17)12-9(14)2-3-10(15)16/h8H,2-7H2,1H3,(H,15,16)(H,12,14,17). The fourth-order valence-corrected chi connectivity index (χ4v) is 1.69. The Morgan fingerprint density at radius 1 is 1.24 bits per heavy atom. The summed E-state index contributed by atoms with van der Waals surface area (Å²) in [4.78, 5) is 34.7. The number of carbonyl (C=O) groups is 3. The summed E-state index contributed by atoms with van der Waals surface area (Å²) in [6, 6.07) is -0.410. The molecular weight excluding hydrogens is 224 g/mol. The third kappa shape index (κ3) is 4.84. The summed E-state index contributed by atoms with van der Waals surface area (Å²) in [5, 5.41) is 10.6. The zero-order valence-electron chi connectivity index (χ0n) is 9.94. The van der Waals surface area contributed by atoms with Crippen molar-refractivity contribution in [3.8, 4) is 0 Å². The smallest absolute Gasteiger partial charge is 0.324 e.